The number of fused-ring (bicyclic) bond motifs is 3. The molecule has 6 rings (SSSR count). The quantitative estimate of drug-likeness (QED) is 0.296. The highest BCUT2D eigenvalue weighted by molar-refractivity contribution is 6.09. The number of rotatable bonds is 1. The second kappa shape index (κ2) is 8.40. The maximum absolute atomic E-state index is 10.4. The van der Waals surface area contributed by atoms with Crippen LogP contribution in [0.4, 0.5) is 0 Å². The summed E-state index contributed by atoms with van der Waals surface area (Å²) in [4.78, 5) is 4.01. The summed E-state index contributed by atoms with van der Waals surface area (Å²) in [5, 5.41) is 27.2. The Morgan fingerprint density at radius 1 is 0.438 bits per heavy atom. The van der Waals surface area contributed by atoms with Crippen LogP contribution in [0.2, 0.25) is 0 Å². The Labute approximate surface area is 185 Å². The molecule has 32 heavy (non-hydrogen) atoms. The highest BCUT2D eigenvalue weighted by Crippen LogP contribution is 2.44. The first kappa shape index (κ1) is 19.6. The van der Waals surface area contributed by atoms with Gasteiger partial charge < -0.3 is 10.2 Å². The zero-order valence-corrected chi connectivity index (χ0v) is 17.3. The van der Waals surface area contributed by atoms with Gasteiger partial charge in [0.2, 0.25) is 0 Å². The summed E-state index contributed by atoms with van der Waals surface area (Å²) in [5.74, 6) is 0.343. The normalized spacial score (nSPS) is 10.8. The van der Waals surface area contributed by atoms with Crippen LogP contribution in [0.3, 0.4) is 0 Å². The predicted octanol–water partition coefficient (Wildman–Crippen LogP) is 7.31. The monoisotopic (exact) mass is 415 g/mol. The highest BCUT2D eigenvalue weighted by Gasteiger charge is 2.16. The lowest BCUT2D eigenvalue weighted by molar-refractivity contribution is 0.470. The Morgan fingerprint density at radius 3 is 1.44 bits per heavy atom. The van der Waals surface area contributed by atoms with E-state index in [0.717, 1.165) is 21.5 Å². The minimum atomic E-state index is 0.172. The molecule has 3 heteroatoms. The Kier molecular flexibility index (Phi) is 5.14. The number of aromatic hydroxyl groups is 2. The standard InChI is InChI=1S/C20H14O2.C9H7N/c21-17-11-9-13-5-1-3-7-15(13)19(17)20-16-8-4-2-6-14(16)10-12-18(20)22;1-2-4-9-7-10-6-5-8(9)3-1/h1-12,21-22H;1-7H. The SMILES string of the molecule is Oc1ccc2ccccc2c1-c1c(O)ccc2ccccc12.c1ccc2cnccc2c1. The van der Waals surface area contributed by atoms with E-state index in [-0.39, 0.29) is 11.5 Å². The van der Waals surface area contributed by atoms with Crippen molar-refractivity contribution in [3.05, 3.63) is 116 Å². The van der Waals surface area contributed by atoms with Gasteiger partial charge in [-0.25, -0.2) is 0 Å². The molecule has 0 aliphatic rings. The number of phenolic OH excluding ortho intramolecular Hbond substituents is 2. The lowest BCUT2D eigenvalue weighted by Crippen LogP contribution is -1.86. The van der Waals surface area contributed by atoms with E-state index in [1.807, 2.05) is 91.3 Å². The minimum Gasteiger partial charge on any atom is -0.507 e. The molecule has 0 aliphatic heterocycles. The van der Waals surface area contributed by atoms with Gasteiger partial charge in [0.05, 0.1) is 0 Å². The Hall–Kier alpha value is -4.37. The third-order valence-electron chi connectivity index (χ3n) is 5.61. The van der Waals surface area contributed by atoms with Crippen molar-refractivity contribution in [3.8, 4) is 22.6 Å². The van der Waals surface area contributed by atoms with Gasteiger partial charge >= 0.3 is 0 Å². The number of benzene rings is 5. The second-order valence-corrected chi connectivity index (χ2v) is 7.58. The fourth-order valence-corrected chi connectivity index (χ4v) is 4.07. The smallest absolute Gasteiger partial charge is 0.124 e. The number of hydrogen-bond acceptors (Lipinski definition) is 3. The second-order valence-electron chi connectivity index (χ2n) is 7.58. The van der Waals surface area contributed by atoms with E-state index in [1.54, 1.807) is 12.1 Å². The van der Waals surface area contributed by atoms with E-state index < -0.39 is 0 Å². The Morgan fingerprint density at radius 2 is 0.906 bits per heavy atom. The van der Waals surface area contributed by atoms with Crippen molar-refractivity contribution in [2.45, 2.75) is 0 Å². The average Bonchev–Trinajstić information content (AvgIpc) is 2.85. The van der Waals surface area contributed by atoms with E-state index in [9.17, 15) is 10.2 Å². The molecule has 0 aliphatic carbocycles. The van der Waals surface area contributed by atoms with Gasteiger partial charge in [0.15, 0.2) is 0 Å². The molecule has 0 amide bonds. The molecule has 0 atom stereocenters. The van der Waals surface area contributed by atoms with Crippen molar-refractivity contribution in [1.29, 1.82) is 0 Å². The van der Waals surface area contributed by atoms with Crippen LogP contribution in [0.5, 0.6) is 11.5 Å². The first-order valence-corrected chi connectivity index (χ1v) is 10.4. The van der Waals surface area contributed by atoms with Gasteiger partial charge in [0.25, 0.3) is 0 Å². The van der Waals surface area contributed by atoms with Gasteiger partial charge in [-0.2, -0.15) is 0 Å². The first-order chi connectivity index (χ1) is 15.7. The molecule has 3 nitrogen and oxygen atoms in total. The zero-order valence-electron chi connectivity index (χ0n) is 17.3. The predicted molar refractivity (Wildman–Crippen MR) is 132 cm³/mol. The molecule has 0 radical (unpaired) electrons. The summed E-state index contributed by atoms with van der Waals surface area (Å²) < 4.78 is 0. The van der Waals surface area contributed by atoms with E-state index in [2.05, 4.69) is 17.1 Å². The number of hydrogen-bond donors (Lipinski definition) is 2. The number of phenols is 2. The lowest BCUT2D eigenvalue weighted by Gasteiger charge is -2.14. The van der Waals surface area contributed by atoms with E-state index in [0.29, 0.717) is 11.1 Å². The molecule has 1 heterocycles. The fraction of sp³-hybridized carbons (Fsp3) is 0. The molecule has 2 N–H and O–H groups in total. The van der Waals surface area contributed by atoms with Crippen molar-refractivity contribution in [2.24, 2.45) is 0 Å². The Balaban J connectivity index is 0.000000180. The largest absolute Gasteiger partial charge is 0.507 e. The van der Waals surface area contributed by atoms with Crippen LogP contribution < -0.4 is 0 Å². The van der Waals surface area contributed by atoms with Gasteiger partial charge in [-0.05, 0) is 50.5 Å². The maximum Gasteiger partial charge on any atom is 0.124 e. The van der Waals surface area contributed by atoms with Gasteiger partial charge in [-0.15, -0.1) is 0 Å². The lowest BCUT2D eigenvalue weighted by atomic mass is 9.92. The maximum atomic E-state index is 10.4. The molecule has 0 unspecified atom stereocenters. The van der Waals surface area contributed by atoms with Crippen LogP contribution >= 0.6 is 0 Å². The van der Waals surface area contributed by atoms with Crippen LogP contribution in [0, 0.1) is 0 Å². The number of aromatic nitrogens is 1. The van der Waals surface area contributed by atoms with Crippen molar-refractivity contribution >= 4 is 32.3 Å². The molecule has 0 fully saturated rings. The number of nitrogens with zero attached hydrogens (tertiary/aromatic N) is 1. The molecular formula is C29H21NO2. The van der Waals surface area contributed by atoms with E-state index >= 15 is 0 Å². The van der Waals surface area contributed by atoms with Crippen molar-refractivity contribution in [1.82, 2.24) is 4.98 Å². The molecule has 0 bridgehead atoms. The average molecular weight is 415 g/mol. The van der Waals surface area contributed by atoms with Gasteiger partial charge in [0, 0.05) is 23.5 Å². The van der Waals surface area contributed by atoms with Crippen molar-refractivity contribution < 1.29 is 10.2 Å². The molecule has 5 aromatic carbocycles. The van der Waals surface area contributed by atoms with Gasteiger partial charge in [-0.3, -0.25) is 4.98 Å². The molecular weight excluding hydrogens is 394 g/mol. The fourth-order valence-electron chi connectivity index (χ4n) is 4.07. The van der Waals surface area contributed by atoms with Crippen LogP contribution in [-0.2, 0) is 0 Å². The Bertz CT molecular complexity index is 1410. The summed E-state index contributed by atoms with van der Waals surface area (Å²) in [6.45, 7) is 0. The third-order valence-corrected chi connectivity index (χ3v) is 5.61. The summed E-state index contributed by atoms with van der Waals surface area (Å²) in [5.41, 5.74) is 1.35. The first-order valence-electron chi connectivity index (χ1n) is 10.4. The summed E-state index contributed by atoms with van der Waals surface area (Å²) in [6.07, 6.45) is 3.68. The van der Waals surface area contributed by atoms with E-state index in [1.165, 1.54) is 10.8 Å². The molecule has 1 aromatic heterocycles. The van der Waals surface area contributed by atoms with Crippen molar-refractivity contribution in [3.63, 3.8) is 0 Å². The van der Waals surface area contributed by atoms with Crippen LogP contribution in [-0.4, -0.2) is 15.2 Å². The summed E-state index contributed by atoms with van der Waals surface area (Å²) in [7, 11) is 0. The van der Waals surface area contributed by atoms with E-state index in [4.69, 9.17) is 0 Å². The van der Waals surface area contributed by atoms with Crippen LogP contribution in [0.25, 0.3) is 43.4 Å². The minimum absolute atomic E-state index is 0.172. The summed E-state index contributed by atoms with van der Waals surface area (Å²) >= 11 is 0. The molecule has 0 spiro atoms. The van der Waals surface area contributed by atoms with Crippen LogP contribution in [0.15, 0.2) is 116 Å². The van der Waals surface area contributed by atoms with Crippen LogP contribution in [0.1, 0.15) is 0 Å². The molecule has 0 saturated carbocycles. The zero-order chi connectivity index (χ0) is 21.9. The molecule has 0 saturated heterocycles. The summed E-state index contributed by atoms with van der Waals surface area (Å²) in [6, 6.07) is 33.1. The topological polar surface area (TPSA) is 53.4 Å². The molecule has 154 valence electrons. The number of pyridine rings is 1. The third kappa shape index (κ3) is 3.61. The highest BCUT2D eigenvalue weighted by atomic mass is 16.3. The molecule has 6 aromatic rings. The van der Waals surface area contributed by atoms with Gasteiger partial charge in [0.1, 0.15) is 11.5 Å². The van der Waals surface area contributed by atoms with Crippen molar-refractivity contribution in [2.75, 3.05) is 0 Å². The van der Waals surface area contributed by atoms with Gasteiger partial charge in [-0.1, -0.05) is 84.9 Å².